The third kappa shape index (κ3) is 3.41. The molecule has 1 aliphatic heterocycles. The van der Waals surface area contributed by atoms with Crippen molar-refractivity contribution in [1.82, 2.24) is 5.32 Å². The lowest BCUT2D eigenvalue weighted by Crippen LogP contribution is -2.47. The van der Waals surface area contributed by atoms with Crippen LogP contribution in [0.4, 0.5) is 0 Å². The van der Waals surface area contributed by atoms with Crippen LogP contribution in [0.1, 0.15) is 43.7 Å². The first-order chi connectivity index (χ1) is 10.2. The van der Waals surface area contributed by atoms with E-state index in [0.717, 1.165) is 22.4 Å². The van der Waals surface area contributed by atoms with E-state index in [1.54, 1.807) is 0 Å². The number of rotatable bonds is 2. The number of nitrogens with one attached hydrogen (secondary N) is 1. The fourth-order valence-corrected chi connectivity index (χ4v) is 4.59. The second kappa shape index (κ2) is 6.11. The Morgan fingerprint density at radius 1 is 1.52 bits per heavy atom. The molecule has 1 heterocycles. The van der Waals surface area contributed by atoms with Crippen molar-refractivity contribution in [2.45, 2.75) is 44.7 Å². The molecule has 0 radical (unpaired) electrons. The number of hydrogen-bond acceptors (Lipinski definition) is 3. The minimum atomic E-state index is 0.287. The number of thioether (sulfide) groups is 1. The Balaban J connectivity index is 1.64. The maximum absolute atomic E-state index is 8.93. The summed E-state index contributed by atoms with van der Waals surface area (Å²) in [6, 6.07) is 9.88. The topological polar surface area (TPSA) is 48.2 Å². The van der Waals surface area contributed by atoms with Crippen LogP contribution in [0.15, 0.2) is 29.3 Å². The molecule has 3 nitrogen and oxygen atoms in total. The van der Waals surface area contributed by atoms with Crippen LogP contribution in [0.5, 0.6) is 0 Å². The summed E-state index contributed by atoms with van der Waals surface area (Å²) in [5, 5.41) is 13.7. The molecule has 2 atom stereocenters. The molecule has 1 saturated heterocycles. The molecule has 1 aliphatic carbocycles. The second-order valence-corrected chi connectivity index (χ2v) is 7.29. The fraction of sp³-hybridized carbons (Fsp3) is 0.529. The molecule has 110 valence electrons. The standard InChI is InChI=1S/C17H21N3S/c1-13-4-3-7-17(9-13)12-21-16(20-17)19-11-15-6-2-5-14(8-15)10-18/h2,5-6,8,13H,3-4,7,9,11-12H2,1H3,(H,19,20). The molecule has 4 heteroatoms. The van der Waals surface area contributed by atoms with Gasteiger partial charge in [0.15, 0.2) is 5.17 Å². The quantitative estimate of drug-likeness (QED) is 0.906. The van der Waals surface area contributed by atoms with Gasteiger partial charge in [-0.25, -0.2) is 0 Å². The van der Waals surface area contributed by atoms with Crippen molar-refractivity contribution in [1.29, 1.82) is 5.26 Å². The predicted octanol–water partition coefficient (Wildman–Crippen LogP) is 3.70. The first kappa shape index (κ1) is 14.5. The van der Waals surface area contributed by atoms with Crippen molar-refractivity contribution in [2.75, 3.05) is 5.75 Å². The van der Waals surface area contributed by atoms with Crippen molar-refractivity contribution >= 4 is 16.9 Å². The zero-order chi connectivity index (χ0) is 14.7. The first-order valence-corrected chi connectivity index (χ1v) is 8.62. The van der Waals surface area contributed by atoms with Crippen LogP contribution < -0.4 is 5.32 Å². The van der Waals surface area contributed by atoms with E-state index in [1.807, 2.05) is 36.0 Å². The molecule has 1 aromatic carbocycles. The van der Waals surface area contributed by atoms with E-state index in [4.69, 9.17) is 10.3 Å². The summed E-state index contributed by atoms with van der Waals surface area (Å²) in [7, 11) is 0. The zero-order valence-electron chi connectivity index (χ0n) is 12.4. The summed E-state index contributed by atoms with van der Waals surface area (Å²) in [5.41, 5.74) is 2.09. The first-order valence-electron chi connectivity index (χ1n) is 7.64. The molecule has 1 aromatic rings. The SMILES string of the molecule is CC1CCCC2(CSC(=NCc3cccc(C#N)c3)N2)C1. The van der Waals surface area contributed by atoms with Crippen molar-refractivity contribution < 1.29 is 0 Å². The number of benzene rings is 1. The maximum Gasteiger partial charge on any atom is 0.157 e. The van der Waals surface area contributed by atoms with E-state index >= 15 is 0 Å². The third-order valence-corrected chi connectivity index (χ3v) is 5.61. The van der Waals surface area contributed by atoms with Crippen LogP contribution in [-0.4, -0.2) is 16.5 Å². The Morgan fingerprint density at radius 3 is 3.24 bits per heavy atom. The molecule has 3 rings (SSSR count). The molecular formula is C17H21N3S. The molecule has 1 N–H and O–H groups in total. The van der Waals surface area contributed by atoms with E-state index in [-0.39, 0.29) is 5.54 Å². The smallest absolute Gasteiger partial charge is 0.157 e. The van der Waals surface area contributed by atoms with Crippen molar-refractivity contribution in [3.63, 3.8) is 0 Å². The highest BCUT2D eigenvalue weighted by Gasteiger charge is 2.40. The average molecular weight is 299 g/mol. The number of amidine groups is 1. The van der Waals surface area contributed by atoms with Crippen molar-refractivity contribution in [3.05, 3.63) is 35.4 Å². The van der Waals surface area contributed by atoms with Gasteiger partial charge in [-0.2, -0.15) is 5.26 Å². The molecule has 0 bridgehead atoms. The van der Waals surface area contributed by atoms with Gasteiger partial charge in [-0.05, 0) is 36.5 Å². The lowest BCUT2D eigenvalue weighted by atomic mass is 9.78. The van der Waals surface area contributed by atoms with E-state index in [9.17, 15) is 0 Å². The highest BCUT2D eigenvalue weighted by Crippen LogP contribution is 2.38. The Bertz CT molecular complexity index is 590. The summed E-state index contributed by atoms with van der Waals surface area (Å²) < 4.78 is 0. The molecule has 1 saturated carbocycles. The van der Waals surface area contributed by atoms with Gasteiger partial charge in [0.1, 0.15) is 0 Å². The second-order valence-electron chi connectivity index (χ2n) is 6.33. The lowest BCUT2D eigenvalue weighted by Gasteiger charge is -2.36. The molecule has 0 aromatic heterocycles. The van der Waals surface area contributed by atoms with Crippen molar-refractivity contribution in [2.24, 2.45) is 10.9 Å². The Labute approximate surface area is 130 Å². The van der Waals surface area contributed by atoms with Gasteiger partial charge in [-0.3, -0.25) is 4.99 Å². The van der Waals surface area contributed by atoms with Gasteiger partial charge in [-0.15, -0.1) is 0 Å². The number of hydrogen-bond donors (Lipinski definition) is 1. The summed E-state index contributed by atoms with van der Waals surface area (Å²) in [6.07, 6.45) is 5.23. The van der Waals surface area contributed by atoms with Gasteiger partial charge >= 0.3 is 0 Å². The van der Waals surface area contributed by atoms with E-state index < -0.39 is 0 Å². The van der Waals surface area contributed by atoms with Crippen LogP contribution in [0.2, 0.25) is 0 Å². The molecule has 1 spiro atoms. The zero-order valence-corrected chi connectivity index (χ0v) is 13.2. The van der Waals surface area contributed by atoms with Gasteiger partial charge in [0.25, 0.3) is 0 Å². The molecule has 2 fully saturated rings. The largest absolute Gasteiger partial charge is 0.359 e. The average Bonchev–Trinajstić information content (AvgIpc) is 2.88. The summed E-state index contributed by atoms with van der Waals surface area (Å²) in [5.74, 6) is 1.97. The van der Waals surface area contributed by atoms with Crippen LogP contribution in [0.25, 0.3) is 0 Å². The highest BCUT2D eigenvalue weighted by atomic mass is 32.2. The molecule has 2 aliphatic rings. The van der Waals surface area contributed by atoms with Crippen LogP contribution >= 0.6 is 11.8 Å². The van der Waals surface area contributed by atoms with Gasteiger partial charge in [0.05, 0.1) is 18.2 Å². The maximum atomic E-state index is 8.93. The summed E-state index contributed by atoms with van der Waals surface area (Å²) in [6.45, 7) is 3.01. The lowest BCUT2D eigenvalue weighted by molar-refractivity contribution is 0.242. The Hall–Kier alpha value is -1.47. The van der Waals surface area contributed by atoms with Gasteiger partial charge in [0, 0.05) is 11.3 Å². The monoisotopic (exact) mass is 299 g/mol. The molecular weight excluding hydrogens is 278 g/mol. The Kier molecular flexibility index (Phi) is 4.21. The molecule has 0 amide bonds. The van der Waals surface area contributed by atoms with Gasteiger partial charge < -0.3 is 5.32 Å². The van der Waals surface area contributed by atoms with Gasteiger partial charge in [-0.1, -0.05) is 43.7 Å². The minimum Gasteiger partial charge on any atom is -0.359 e. The van der Waals surface area contributed by atoms with Crippen LogP contribution in [-0.2, 0) is 6.54 Å². The van der Waals surface area contributed by atoms with Gasteiger partial charge in [0.2, 0.25) is 0 Å². The Morgan fingerprint density at radius 2 is 2.43 bits per heavy atom. The molecule has 2 unspecified atom stereocenters. The number of nitriles is 1. The summed E-state index contributed by atoms with van der Waals surface area (Å²) >= 11 is 1.85. The minimum absolute atomic E-state index is 0.287. The summed E-state index contributed by atoms with van der Waals surface area (Å²) in [4.78, 5) is 4.70. The predicted molar refractivity (Wildman–Crippen MR) is 88.3 cm³/mol. The van der Waals surface area contributed by atoms with E-state index in [0.29, 0.717) is 12.1 Å². The van der Waals surface area contributed by atoms with Crippen LogP contribution in [0.3, 0.4) is 0 Å². The number of nitrogens with zero attached hydrogens (tertiary/aromatic N) is 2. The van der Waals surface area contributed by atoms with Crippen LogP contribution in [0, 0.1) is 17.2 Å². The van der Waals surface area contributed by atoms with E-state index in [2.05, 4.69) is 18.3 Å². The van der Waals surface area contributed by atoms with Crippen molar-refractivity contribution in [3.8, 4) is 6.07 Å². The third-order valence-electron chi connectivity index (χ3n) is 4.41. The number of aliphatic imine (C=N–C) groups is 1. The highest BCUT2D eigenvalue weighted by molar-refractivity contribution is 8.14. The molecule has 21 heavy (non-hydrogen) atoms. The fourth-order valence-electron chi connectivity index (χ4n) is 3.40. The van der Waals surface area contributed by atoms with E-state index in [1.165, 1.54) is 25.7 Å². The normalized spacial score (nSPS) is 30.3.